The van der Waals surface area contributed by atoms with E-state index in [0.717, 1.165) is 11.6 Å². The normalized spacial score (nSPS) is 11.6. The molecular weight excluding hydrogens is 349 g/mol. The number of hydrazone groups is 1. The molecule has 0 aliphatic rings. The second kappa shape index (κ2) is 7.77. The Morgan fingerprint density at radius 2 is 1.76 bits per heavy atom. The van der Waals surface area contributed by atoms with E-state index in [-0.39, 0.29) is 10.8 Å². The SMILES string of the molecule is C/C(=N\NC(=S)Nc1ccccc1C(F)(F)F)c1ccc(C#N)cc1. The van der Waals surface area contributed by atoms with Gasteiger partial charge >= 0.3 is 6.18 Å². The minimum Gasteiger partial charge on any atom is -0.331 e. The molecule has 0 aliphatic carbocycles. The van der Waals surface area contributed by atoms with Crippen molar-refractivity contribution in [2.45, 2.75) is 13.1 Å². The predicted molar refractivity (Wildman–Crippen MR) is 94.2 cm³/mol. The first-order valence-electron chi connectivity index (χ1n) is 7.09. The molecular formula is C17H13F3N4S. The molecule has 2 N–H and O–H groups in total. The second-order valence-electron chi connectivity index (χ2n) is 5.00. The first-order chi connectivity index (χ1) is 11.8. The van der Waals surface area contributed by atoms with E-state index in [1.807, 2.05) is 6.07 Å². The van der Waals surface area contributed by atoms with Crippen LogP contribution < -0.4 is 10.7 Å². The Labute approximate surface area is 148 Å². The average Bonchev–Trinajstić information content (AvgIpc) is 2.59. The summed E-state index contributed by atoms with van der Waals surface area (Å²) in [5.74, 6) is 0. The minimum atomic E-state index is -4.49. The Morgan fingerprint density at radius 1 is 1.12 bits per heavy atom. The third-order valence-corrected chi connectivity index (χ3v) is 3.43. The molecule has 128 valence electrons. The highest BCUT2D eigenvalue weighted by molar-refractivity contribution is 7.80. The Hall–Kier alpha value is -2.92. The molecule has 0 atom stereocenters. The Morgan fingerprint density at radius 3 is 2.36 bits per heavy atom. The fourth-order valence-corrected chi connectivity index (χ4v) is 2.13. The molecule has 0 aliphatic heterocycles. The Bertz CT molecular complexity index is 836. The third-order valence-electron chi connectivity index (χ3n) is 3.24. The molecule has 0 spiro atoms. The molecule has 25 heavy (non-hydrogen) atoms. The van der Waals surface area contributed by atoms with Gasteiger partial charge in [-0.05, 0) is 49.0 Å². The minimum absolute atomic E-state index is 0.0651. The summed E-state index contributed by atoms with van der Waals surface area (Å²) >= 11 is 4.99. The molecule has 0 amide bonds. The van der Waals surface area contributed by atoms with Crippen LogP contribution in [0.3, 0.4) is 0 Å². The van der Waals surface area contributed by atoms with Crippen molar-refractivity contribution in [2.75, 3.05) is 5.32 Å². The number of hydrogen-bond donors (Lipinski definition) is 2. The van der Waals surface area contributed by atoms with E-state index in [2.05, 4.69) is 15.8 Å². The van der Waals surface area contributed by atoms with Gasteiger partial charge < -0.3 is 5.32 Å². The fraction of sp³-hybridized carbons (Fsp3) is 0.118. The lowest BCUT2D eigenvalue weighted by atomic mass is 10.1. The number of nitrogens with one attached hydrogen (secondary N) is 2. The van der Waals surface area contributed by atoms with Crippen molar-refractivity contribution < 1.29 is 13.2 Å². The molecule has 8 heteroatoms. The third kappa shape index (κ3) is 5.02. The van der Waals surface area contributed by atoms with Gasteiger partial charge in [0.2, 0.25) is 0 Å². The van der Waals surface area contributed by atoms with Crippen LogP contribution in [0, 0.1) is 11.3 Å². The zero-order chi connectivity index (χ0) is 18.4. The maximum absolute atomic E-state index is 12.9. The molecule has 2 aromatic rings. The van der Waals surface area contributed by atoms with E-state index in [1.165, 1.54) is 18.2 Å². The quantitative estimate of drug-likeness (QED) is 0.486. The molecule has 2 aromatic carbocycles. The smallest absolute Gasteiger partial charge is 0.331 e. The Kier molecular flexibility index (Phi) is 5.72. The highest BCUT2D eigenvalue weighted by atomic mass is 32.1. The van der Waals surface area contributed by atoms with Gasteiger partial charge in [-0.25, -0.2) is 0 Å². The number of para-hydroxylation sites is 1. The van der Waals surface area contributed by atoms with Crippen LogP contribution in [0.1, 0.15) is 23.6 Å². The van der Waals surface area contributed by atoms with Crippen LogP contribution in [-0.4, -0.2) is 10.8 Å². The van der Waals surface area contributed by atoms with Crippen LogP contribution in [0.2, 0.25) is 0 Å². The molecule has 0 radical (unpaired) electrons. The van der Waals surface area contributed by atoms with Gasteiger partial charge in [-0.3, -0.25) is 5.43 Å². The molecule has 0 saturated heterocycles. The van der Waals surface area contributed by atoms with Gasteiger partial charge in [0.25, 0.3) is 0 Å². The summed E-state index contributed by atoms with van der Waals surface area (Å²) in [7, 11) is 0. The molecule has 2 rings (SSSR count). The second-order valence-corrected chi connectivity index (χ2v) is 5.40. The standard InChI is InChI=1S/C17H13F3N4S/c1-11(13-8-6-12(10-21)7-9-13)23-24-16(25)22-15-5-3-2-4-14(15)17(18,19)20/h2-9H,1H3,(H2,22,24,25)/b23-11+. The molecule has 0 bridgehead atoms. The van der Waals surface area contributed by atoms with E-state index in [4.69, 9.17) is 17.5 Å². The monoisotopic (exact) mass is 362 g/mol. The molecule has 0 fully saturated rings. The predicted octanol–water partition coefficient (Wildman–Crippen LogP) is 4.29. The van der Waals surface area contributed by atoms with Crippen molar-refractivity contribution in [3.8, 4) is 6.07 Å². The number of thiocarbonyl (C=S) groups is 1. The van der Waals surface area contributed by atoms with Gasteiger partial charge in [-0.1, -0.05) is 24.3 Å². The van der Waals surface area contributed by atoms with Crippen LogP contribution in [0.25, 0.3) is 0 Å². The number of alkyl halides is 3. The van der Waals surface area contributed by atoms with Crippen molar-refractivity contribution in [1.29, 1.82) is 5.26 Å². The highest BCUT2D eigenvalue weighted by Gasteiger charge is 2.33. The lowest BCUT2D eigenvalue weighted by Crippen LogP contribution is -2.26. The number of hydrogen-bond acceptors (Lipinski definition) is 3. The van der Waals surface area contributed by atoms with Crippen LogP contribution in [-0.2, 0) is 6.18 Å². The van der Waals surface area contributed by atoms with E-state index in [0.29, 0.717) is 11.3 Å². The first-order valence-corrected chi connectivity index (χ1v) is 7.50. The summed E-state index contributed by atoms with van der Waals surface area (Å²) in [5, 5.41) is 15.2. The molecule has 0 aromatic heterocycles. The van der Waals surface area contributed by atoms with Crippen LogP contribution >= 0.6 is 12.2 Å². The van der Waals surface area contributed by atoms with Crippen molar-refractivity contribution in [3.63, 3.8) is 0 Å². The summed E-state index contributed by atoms with van der Waals surface area (Å²) < 4.78 is 38.8. The molecule has 0 unspecified atom stereocenters. The van der Waals surface area contributed by atoms with Crippen molar-refractivity contribution >= 4 is 28.7 Å². The number of halogens is 3. The van der Waals surface area contributed by atoms with Crippen molar-refractivity contribution in [3.05, 3.63) is 65.2 Å². The van der Waals surface area contributed by atoms with Crippen LogP contribution in [0.5, 0.6) is 0 Å². The maximum Gasteiger partial charge on any atom is 0.418 e. The largest absolute Gasteiger partial charge is 0.418 e. The average molecular weight is 362 g/mol. The molecule has 0 heterocycles. The summed E-state index contributed by atoms with van der Waals surface area (Å²) in [5.41, 5.74) is 3.39. The van der Waals surface area contributed by atoms with Gasteiger partial charge in [0.1, 0.15) is 0 Å². The van der Waals surface area contributed by atoms with E-state index in [1.54, 1.807) is 31.2 Å². The summed E-state index contributed by atoms with van der Waals surface area (Å²) in [6.45, 7) is 1.71. The van der Waals surface area contributed by atoms with Gasteiger partial charge in [-0.15, -0.1) is 0 Å². The zero-order valence-electron chi connectivity index (χ0n) is 13.1. The number of benzene rings is 2. The summed E-state index contributed by atoms with van der Waals surface area (Å²) in [6, 6.07) is 13.8. The van der Waals surface area contributed by atoms with Gasteiger partial charge in [0, 0.05) is 0 Å². The van der Waals surface area contributed by atoms with Gasteiger partial charge in [0.15, 0.2) is 5.11 Å². The summed E-state index contributed by atoms with van der Waals surface area (Å²) in [4.78, 5) is 0. The van der Waals surface area contributed by atoms with E-state index in [9.17, 15) is 13.2 Å². The first kappa shape index (κ1) is 18.4. The molecule has 4 nitrogen and oxygen atoms in total. The maximum atomic E-state index is 12.9. The van der Waals surface area contributed by atoms with Gasteiger partial charge in [0.05, 0.1) is 28.6 Å². The van der Waals surface area contributed by atoms with Crippen molar-refractivity contribution in [1.82, 2.24) is 5.43 Å². The lowest BCUT2D eigenvalue weighted by Gasteiger charge is -2.14. The van der Waals surface area contributed by atoms with Crippen molar-refractivity contribution in [2.24, 2.45) is 5.10 Å². The summed E-state index contributed by atoms with van der Waals surface area (Å²) in [6.07, 6.45) is -4.49. The lowest BCUT2D eigenvalue weighted by molar-refractivity contribution is -0.136. The van der Waals surface area contributed by atoms with E-state index < -0.39 is 11.7 Å². The zero-order valence-corrected chi connectivity index (χ0v) is 13.9. The van der Waals surface area contributed by atoms with Gasteiger partial charge in [-0.2, -0.15) is 23.5 Å². The molecule has 0 saturated carbocycles. The number of nitriles is 1. The fourth-order valence-electron chi connectivity index (χ4n) is 1.97. The topological polar surface area (TPSA) is 60.2 Å². The Balaban J connectivity index is 2.07. The number of anilines is 1. The van der Waals surface area contributed by atoms with Crippen LogP contribution in [0.15, 0.2) is 53.6 Å². The number of nitrogens with zero attached hydrogens (tertiary/aromatic N) is 2. The highest BCUT2D eigenvalue weighted by Crippen LogP contribution is 2.34. The number of rotatable bonds is 3. The van der Waals surface area contributed by atoms with E-state index >= 15 is 0 Å². The van der Waals surface area contributed by atoms with Crippen LogP contribution in [0.4, 0.5) is 18.9 Å².